The number of carboxylic acids is 1. The molecule has 0 unspecified atom stereocenters. The van der Waals surface area contributed by atoms with E-state index < -0.39 is 12.1 Å². The zero-order valence-corrected chi connectivity index (χ0v) is 15.2. The number of hydrogen-bond donors (Lipinski definition) is 1. The second kappa shape index (κ2) is 8.64. The summed E-state index contributed by atoms with van der Waals surface area (Å²) >= 11 is 0. The molecule has 10 heteroatoms. The van der Waals surface area contributed by atoms with E-state index in [1.165, 1.54) is 0 Å². The summed E-state index contributed by atoms with van der Waals surface area (Å²) in [5, 5.41) is 7.12. The number of alkyl halides is 3. The highest BCUT2D eigenvalue weighted by Crippen LogP contribution is 2.32. The average molecular weight is 388 g/mol. The first-order valence-electron chi connectivity index (χ1n) is 8.72. The van der Waals surface area contributed by atoms with Crippen LogP contribution in [0.2, 0.25) is 0 Å². The van der Waals surface area contributed by atoms with E-state index in [9.17, 15) is 18.0 Å². The number of carbonyl (C=O) groups excluding carboxylic acids is 1. The van der Waals surface area contributed by atoms with E-state index in [-0.39, 0.29) is 5.91 Å². The Hall–Kier alpha value is -2.23. The summed E-state index contributed by atoms with van der Waals surface area (Å²) in [5.74, 6) is -2.04. The zero-order valence-electron chi connectivity index (χ0n) is 15.2. The number of fused-ring (bicyclic) bond motifs is 1. The summed E-state index contributed by atoms with van der Waals surface area (Å²) in [7, 11) is 0. The summed E-state index contributed by atoms with van der Waals surface area (Å²) in [4.78, 5) is 34.1. The van der Waals surface area contributed by atoms with Crippen LogP contribution in [0.4, 0.5) is 13.2 Å². The molecule has 2 atom stereocenters. The summed E-state index contributed by atoms with van der Waals surface area (Å²) in [6, 6.07) is 0.904. The minimum absolute atomic E-state index is 0.0389. The van der Waals surface area contributed by atoms with Crippen LogP contribution >= 0.6 is 0 Å². The summed E-state index contributed by atoms with van der Waals surface area (Å²) in [5.41, 5.74) is 0.468. The Bertz CT molecular complexity index is 655. The Morgan fingerprint density at radius 2 is 1.85 bits per heavy atom. The lowest BCUT2D eigenvalue weighted by Gasteiger charge is -2.26. The van der Waals surface area contributed by atoms with Gasteiger partial charge >= 0.3 is 12.1 Å². The monoisotopic (exact) mass is 388 g/mol. The summed E-state index contributed by atoms with van der Waals surface area (Å²) < 4.78 is 31.7. The first-order valence-corrected chi connectivity index (χ1v) is 8.72. The second-order valence-corrected chi connectivity index (χ2v) is 6.99. The van der Waals surface area contributed by atoms with Crippen molar-refractivity contribution >= 4 is 11.9 Å². The van der Waals surface area contributed by atoms with Crippen molar-refractivity contribution in [3.05, 3.63) is 24.3 Å². The van der Waals surface area contributed by atoms with Gasteiger partial charge in [0, 0.05) is 44.1 Å². The normalized spacial score (nSPS) is 22.4. The minimum atomic E-state index is -5.08. The summed E-state index contributed by atoms with van der Waals surface area (Å²) in [6.45, 7) is 7.60. The van der Waals surface area contributed by atoms with Gasteiger partial charge in [-0.15, -0.1) is 0 Å². The Morgan fingerprint density at radius 3 is 2.37 bits per heavy atom. The highest BCUT2D eigenvalue weighted by molar-refractivity contribution is 5.92. The van der Waals surface area contributed by atoms with E-state index in [1.54, 1.807) is 18.6 Å². The Balaban J connectivity index is 0.000000321. The number of aliphatic carboxylic acids is 1. The fraction of sp³-hybridized carbons (Fsp3) is 0.647. The lowest BCUT2D eigenvalue weighted by molar-refractivity contribution is -0.192. The van der Waals surface area contributed by atoms with E-state index >= 15 is 0 Å². The molecule has 3 heterocycles. The van der Waals surface area contributed by atoms with Crippen LogP contribution in [0.25, 0.3) is 0 Å². The number of likely N-dealkylation sites (tertiary alicyclic amines) is 2. The molecule has 0 aliphatic carbocycles. The van der Waals surface area contributed by atoms with Gasteiger partial charge in [0.2, 0.25) is 0 Å². The van der Waals surface area contributed by atoms with Crippen molar-refractivity contribution in [1.29, 1.82) is 0 Å². The number of nitrogens with zero attached hydrogens (tertiary/aromatic N) is 4. The molecule has 2 aliphatic rings. The molecule has 1 aromatic rings. The fourth-order valence-electron chi connectivity index (χ4n) is 3.58. The van der Waals surface area contributed by atoms with Crippen molar-refractivity contribution in [2.24, 2.45) is 5.92 Å². The first-order chi connectivity index (χ1) is 12.6. The lowest BCUT2D eigenvalue weighted by Crippen LogP contribution is -2.40. The molecule has 3 rings (SSSR count). The predicted octanol–water partition coefficient (Wildman–Crippen LogP) is 2.05. The Morgan fingerprint density at radius 1 is 1.22 bits per heavy atom. The van der Waals surface area contributed by atoms with Gasteiger partial charge in [-0.25, -0.2) is 9.78 Å². The molecular formula is C17H23F3N4O3. The number of rotatable bonds is 3. The molecule has 0 radical (unpaired) electrons. The molecule has 1 amide bonds. The minimum Gasteiger partial charge on any atom is -0.475 e. The number of aromatic nitrogens is 2. The van der Waals surface area contributed by atoms with Crippen molar-refractivity contribution in [2.45, 2.75) is 44.9 Å². The van der Waals surface area contributed by atoms with Crippen LogP contribution in [0.1, 0.15) is 37.2 Å². The van der Waals surface area contributed by atoms with Gasteiger partial charge in [0.15, 0.2) is 0 Å². The van der Waals surface area contributed by atoms with Crippen LogP contribution in [-0.4, -0.2) is 74.6 Å². The van der Waals surface area contributed by atoms with Gasteiger partial charge in [-0.2, -0.15) is 13.2 Å². The van der Waals surface area contributed by atoms with Crippen LogP contribution in [-0.2, 0) is 4.79 Å². The number of carboxylic acid groups (broad SMARTS) is 1. The van der Waals surface area contributed by atoms with E-state index in [4.69, 9.17) is 9.90 Å². The molecule has 0 saturated carbocycles. The van der Waals surface area contributed by atoms with E-state index in [1.807, 2.05) is 4.90 Å². The molecule has 7 nitrogen and oxygen atoms in total. The van der Waals surface area contributed by atoms with Crippen molar-refractivity contribution in [3.8, 4) is 0 Å². The largest absolute Gasteiger partial charge is 0.490 e. The van der Waals surface area contributed by atoms with Gasteiger partial charge in [0.05, 0.1) is 6.20 Å². The van der Waals surface area contributed by atoms with Crippen LogP contribution < -0.4 is 0 Å². The topological polar surface area (TPSA) is 86.6 Å². The fourth-order valence-corrected chi connectivity index (χ4v) is 3.58. The van der Waals surface area contributed by atoms with Crippen LogP contribution in [0.15, 0.2) is 18.6 Å². The van der Waals surface area contributed by atoms with E-state index in [2.05, 4.69) is 28.7 Å². The van der Waals surface area contributed by atoms with E-state index in [0.29, 0.717) is 23.7 Å². The maximum Gasteiger partial charge on any atom is 0.490 e. The molecule has 150 valence electrons. The maximum atomic E-state index is 12.5. The van der Waals surface area contributed by atoms with Gasteiger partial charge in [0.25, 0.3) is 5.91 Å². The standard InChI is InChI=1S/C15H22N4O.C2HF3O2/c1-11(2)10-18-7-3-14-13(18)4-8-19(14)15(20)12-9-16-5-6-17-12;3-2(4,5)1(6)7/h5-6,9,11,13-14H,3-4,7-8,10H2,1-2H3;(H,6,7)/t13-,14+;/m0./s1. The van der Waals surface area contributed by atoms with Gasteiger partial charge in [-0.1, -0.05) is 13.8 Å². The first kappa shape index (κ1) is 21.1. The third-order valence-corrected chi connectivity index (χ3v) is 4.58. The Labute approximate surface area is 155 Å². The SMILES string of the molecule is CC(C)CN1CC[C@@H]2[C@@H]1CCN2C(=O)c1cnccn1.O=C(O)C(F)(F)F. The maximum absolute atomic E-state index is 12.5. The van der Waals surface area contributed by atoms with E-state index in [0.717, 1.165) is 32.5 Å². The molecule has 0 aromatic carbocycles. The molecular weight excluding hydrogens is 365 g/mol. The third kappa shape index (κ3) is 5.38. The number of halogens is 3. The number of carbonyl (C=O) groups is 2. The lowest BCUT2D eigenvalue weighted by atomic mass is 10.1. The Kier molecular flexibility index (Phi) is 6.74. The molecule has 0 spiro atoms. The molecule has 0 bridgehead atoms. The molecule has 1 N–H and O–H groups in total. The van der Waals surface area contributed by atoms with Gasteiger partial charge in [-0.3, -0.25) is 14.7 Å². The van der Waals surface area contributed by atoms with Crippen LogP contribution in [0, 0.1) is 5.92 Å². The van der Waals surface area contributed by atoms with Crippen molar-refractivity contribution in [2.75, 3.05) is 19.6 Å². The predicted molar refractivity (Wildman–Crippen MR) is 90.0 cm³/mol. The number of hydrogen-bond acceptors (Lipinski definition) is 5. The van der Waals surface area contributed by atoms with Crippen molar-refractivity contribution in [1.82, 2.24) is 19.8 Å². The quantitative estimate of drug-likeness (QED) is 0.853. The van der Waals surface area contributed by atoms with Gasteiger partial charge < -0.3 is 10.0 Å². The molecule has 1 aromatic heterocycles. The van der Waals surface area contributed by atoms with Crippen LogP contribution in [0.5, 0.6) is 0 Å². The van der Waals surface area contributed by atoms with Gasteiger partial charge in [0.1, 0.15) is 5.69 Å². The van der Waals surface area contributed by atoms with Crippen molar-refractivity contribution < 1.29 is 27.9 Å². The smallest absolute Gasteiger partial charge is 0.475 e. The highest BCUT2D eigenvalue weighted by Gasteiger charge is 2.44. The molecule has 2 saturated heterocycles. The van der Waals surface area contributed by atoms with Gasteiger partial charge in [-0.05, 0) is 18.8 Å². The van der Waals surface area contributed by atoms with Crippen LogP contribution in [0.3, 0.4) is 0 Å². The van der Waals surface area contributed by atoms with Crippen molar-refractivity contribution in [3.63, 3.8) is 0 Å². The molecule has 2 fully saturated rings. The number of amides is 1. The molecule has 27 heavy (non-hydrogen) atoms. The molecule has 2 aliphatic heterocycles. The summed E-state index contributed by atoms with van der Waals surface area (Å²) in [6.07, 6.45) is 1.84. The highest BCUT2D eigenvalue weighted by atomic mass is 19.4. The average Bonchev–Trinajstić information content (AvgIpc) is 3.17. The second-order valence-electron chi connectivity index (χ2n) is 6.99. The third-order valence-electron chi connectivity index (χ3n) is 4.58. The zero-order chi connectivity index (χ0) is 20.2.